The van der Waals surface area contributed by atoms with Gasteiger partial charge in [0.1, 0.15) is 0 Å². The molecule has 0 saturated heterocycles. The Morgan fingerprint density at radius 2 is 1.95 bits per heavy atom. The van der Waals surface area contributed by atoms with Gasteiger partial charge in [0.05, 0.1) is 22.0 Å². The topological polar surface area (TPSA) is 101 Å². The predicted octanol–water partition coefficient (Wildman–Crippen LogP) is 1.72. The molecule has 2 rings (SSSR count). The molecule has 6 nitrogen and oxygen atoms in total. The summed E-state index contributed by atoms with van der Waals surface area (Å²) in [6, 6.07) is 4.69. The maximum Gasteiger partial charge on any atom is 0.262 e. The van der Waals surface area contributed by atoms with E-state index in [-0.39, 0.29) is 4.90 Å². The Morgan fingerprint density at radius 3 is 2.47 bits per heavy atom. The molecule has 102 valence electrons. The molecule has 0 bridgehead atoms. The molecule has 0 saturated carbocycles. The van der Waals surface area contributed by atoms with E-state index in [0.717, 1.165) is 0 Å². The molecule has 0 amide bonds. The van der Waals surface area contributed by atoms with Crippen LogP contribution in [-0.2, 0) is 10.0 Å². The van der Waals surface area contributed by atoms with E-state index in [9.17, 15) is 8.42 Å². The molecule has 2 aromatic rings. The summed E-state index contributed by atoms with van der Waals surface area (Å²) < 4.78 is 27.2. The molecule has 0 unspecified atom stereocenters. The summed E-state index contributed by atoms with van der Waals surface area (Å²) in [5, 5.41) is 6.70. The summed E-state index contributed by atoms with van der Waals surface area (Å²) in [6.45, 7) is 5.20. The van der Waals surface area contributed by atoms with Gasteiger partial charge in [-0.15, -0.1) is 0 Å². The smallest absolute Gasteiger partial charge is 0.262 e. The molecule has 0 aliphatic rings. The maximum absolute atomic E-state index is 12.3. The minimum atomic E-state index is -3.64. The number of anilines is 2. The fraction of sp³-hybridized carbons (Fsp3) is 0.250. The number of benzene rings is 1. The van der Waals surface area contributed by atoms with Crippen molar-refractivity contribution in [3.63, 3.8) is 0 Å². The Hall–Kier alpha value is -2.02. The van der Waals surface area contributed by atoms with Crippen LogP contribution >= 0.6 is 0 Å². The van der Waals surface area contributed by atoms with Crippen LogP contribution in [0.3, 0.4) is 0 Å². The van der Waals surface area contributed by atoms with Gasteiger partial charge in [0.2, 0.25) is 0 Å². The van der Waals surface area contributed by atoms with Gasteiger partial charge in [-0.1, -0.05) is 0 Å². The molecule has 0 atom stereocenters. The van der Waals surface area contributed by atoms with Crippen molar-refractivity contribution in [1.82, 2.24) is 10.2 Å². The van der Waals surface area contributed by atoms with Crippen LogP contribution in [0.5, 0.6) is 0 Å². The summed E-state index contributed by atoms with van der Waals surface area (Å²) in [6.07, 6.45) is 0. The largest absolute Gasteiger partial charge is 0.399 e. The Balaban J connectivity index is 2.44. The lowest BCUT2D eigenvalue weighted by Crippen LogP contribution is -2.15. The third-order valence-corrected chi connectivity index (χ3v) is 4.36. The highest BCUT2D eigenvalue weighted by Gasteiger charge is 2.19. The molecule has 1 aromatic heterocycles. The predicted molar refractivity (Wildman–Crippen MR) is 74.5 cm³/mol. The summed E-state index contributed by atoms with van der Waals surface area (Å²) >= 11 is 0. The van der Waals surface area contributed by atoms with Crippen LogP contribution < -0.4 is 10.5 Å². The number of nitrogen functional groups attached to an aromatic ring is 1. The Kier molecular flexibility index (Phi) is 3.23. The second-order valence-corrected chi connectivity index (χ2v) is 6.09. The van der Waals surface area contributed by atoms with E-state index in [4.69, 9.17) is 5.73 Å². The molecule has 1 aromatic carbocycles. The van der Waals surface area contributed by atoms with Gasteiger partial charge in [0.15, 0.2) is 0 Å². The number of aromatic nitrogens is 2. The first-order valence-electron chi connectivity index (χ1n) is 5.72. The minimum absolute atomic E-state index is 0.210. The number of hydrogen-bond acceptors (Lipinski definition) is 4. The van der Waals surface area contributed by atoms with E-state index < -0.39 is 10.0 Å². The molecule has 0 radical (unpaired) electrons. The normalized spacial score (nSPS) is 11.5. The Morgan fingerprint density at radius 1 is 1.26 bits per heavy atom. The number of aryl methyl sites for hydroxylation is 3. The zero-order valence-corrected chi connectivity index (χ0v) is 11.8. The number of aromatic amines is 1. The fourth-order valence-electron chi connectivity index (χ4n) is 1.86. The van der Waals surface area contributed by atoms with Crippen LogP contribution in [0.4, 0.5) is 11.4 Å². The number of rotatable bonds is 3. The van der Waals surface area contributed by atoms with Crippen molar-refractivity contribution in [2.75, 3.05) is 10.5 Å². The third kappa shape index (κ3) is 2.55. The monoisotopic (exact) mass is 280 g/mol. The molecule has 1 heterocycles. The van der Waals surface area contributed by atoms with Crippen molar-refractivity contribution in [2.45, 2.75) is 25.7 Å². The SMILES string of the molecule is Cc1cc(N)ccc1S(=O)(=O)Nc1c(C)n[nH]c1C. The highest BCUT2D eigenvalue weighted by molar-refractivity contribution is 7.92. The van der Waals surface area contributed by atoms with Crippen LogP contribution in [0, 0.1) is 20.8 Å². The van der Waals surface area contributed by atoms with Gasteiger partial charge >= 0.3 is 0 Å². The van der Waals surface area contributed by atoms with Gasteiger partial charge in [0, 0.05) is 5.69 Å². The van der Waals surface area contributed by atoms with Crippen molar-refractivity contribution in [3.05, 3.63) is 35.2 Å². The zero-order valence-electron chi connectivity index (χ0n) is 11.0. The number of nitrogens with two attached hydrogens (primary N) is 1. The minimum Gasteiger partial charge on any atom is -0.399 e. The first-order valence-corrected chi connectivity index (χ1v) is 7.20. The first kappa shape index (κ1) is 13.4. The van der Waals surface area contributed by atoms with Crippen molar-refractivity contribution < 1.29 is 8.42 Å². The molecule has 19 heavy (non-hydrogen) atoms. The van der Waals surface area contributed by atoms with Crippen LogP contribution in [-0.4, -0.2) is 18.6 Å². The van der Waals surface area contributed by atoms with Gasteiger partial charge in [-0.3, -0.25) is 9.82 Å². The molecular formula is C12H16N4O2S. The van der Waals surface area contributed by atoms with Crippen molar-refractivity contribution in [3.8, 4) is 0 Å². The molecule has 0 spiro atoms. The van der Waals surface area contributed by atoms with E-state index in [1.54, 1.807) is 32.9 Å². The second-order valence-electron chi connectivity index (χ2n) is 4.44. The van der Waals surface area contributed by atoms with Crippen molar-refractivity contribution in [2.24, 2.45) is 0 Å². The van der Waals surface area contributed by atoms with Gasteiger partial charge < -0.3 is 5.73 Å². The van der Waals surface area contributed by atoms with Crippen molar-refractivity contribution >= 4 is 21.4 Å². The summed E-state index contributed by atoms with van der Waals surface area (Å²) in [5.41, 5.74) is 8.53. The lowest BCUT2D eigenvalue weighted by molar-refractivity contribution is 0.600. The average Bonchev–Trinajstić information content (AvgIpc) is 2.60. The molecule has 4 N–H and O–H groups in total. The molecule has 0 fully saturated rings. The summed E-state index contributed by atoms with van der Waals surface area (Å²) in [4.78, 5) is 0.210. The first-order chi connectivity index (χ1) is 8.81. The van der Waals surface area contributed by atoms with Crippen LogP contribution in [0.1, 0.15) is 17.0 Å². The molecular weight excluding hydrogens is 264 g/mol. The highest BCUT2D eigenvalue weighted by Crippen LogP contribution is 2.24. The highest BCUT2D eigenvalue weighted by atomic mass is 32.2. The Labute approximate surface area is 112 Å². The van der Waals surface area contributed by atoms with E-state index in [1.165, 1.54) is 6.07 Å². The Bertz CT molecular complexity index is 700. The van der Waals surface area contributed by atoms with E-state index >= 15 is 0 Å². The van der Waals surface area contributed by atoms with E-state index in [1.807, 2.05) is 0 Å². The van der Waals surface area contributed by atoms with Gasteiger partial charge in [-0.25, -0.2) is 8.42 Å². The fourth-order valence-corrected chi connectivity index (χ4v) is 3.27. The lowest BCUT2D eigenvalue weighted by Gasteiger charge is -2.10. The number of nitrogens with zero attached hydrogens (tertiary/aromatic N) is 1. The van der Waals surface area contributed by atoms with Gasteiger partial charge in [-0.2, -0.15) is 5.10 Å². The quantitative estimate of drug-likeness (QED) is 0.745. The number of H-pyrrole nitrogens is 1. The van der Waals surface area contributed by atoms with Gasteiger partial charge in [0.25, 0.3) is 10.0 Å². The molecule has 0 aliphatic carbocycles. The maximum atomic E-state index is 12.3. The van der Waals surface area contributed by atoms with Crippen LogP contribution in [0.25, 0.3) is 0 Å². The summed E-state index contributed by atoms with van der Waals surface area (Å²) in [5.74, 6) is 0. The lowest BCUT2D eigenvalue weighted by atomic mass is 10.2. The number of nitrogens with one attached hydrogen (secondary N) is 2. The average molecular weight is 280 g/mol. The van der Waals surface area contributed by atoms with E-state index in [2.05, 4.69) is 14.9 Å². The van der Waals surface area contributed by atoms with E-state index in [0.29, 0.717) is 28.3 Å². The summed E-state index contributed by atoms with van der Waals surface area (Å²) in [7, 11) is -3.64. The van der Waals surface area contributed by atoms with Crippen molar-refractivity contribution in [1.29, 1.82) is 0 Å². The second kappa shape index (κ2) is 4.58. The standard InChI is InChI=1S/C12H16N4O2S/c1-7-6-10(13)4-5-11(7)19(17,18)16-12-8(2)14-15-9(12)3/h4-6,16H,13H2,1-3H3,(H,14,15). The zero-order chi connectivity index (χ0) is 14.2. The molecule has 0 aliphatic heterocycles. The number of hydrogen-bond donors (Lipinski definition) is 3. The van der Waals surface area contributed by atoms with Crippen LogP contribution in [0.15, 0.2) is 23.1 Å². The third-order valence-electron chi connectivity index (χ3n) is 2.85. The van der Waals surface area contributed by atoms with Crippen LogP contribution in [0.2, 0.25) is 0 Å². The molecule has 7 heteroatoms. The van der Waals surface area contributed by atoms with Gasteiger partial charge in [-0.05, 0) is 44.5 Å². The number of sulfonamides is 1.